The van der Waals surface area contributed by atoms with Gasteiger partial charge in [-0.1, -0.05) is 17.3 Å². The zero-order chi connectivity index (χ0) is 36.1. The number of rotatable bonds is 9. The van der Waals surface area contributed by atoms with Crippen LogP contribution < -0.4 is 21.3 Å². The van der Waals surface area contributed by atoms with Gasteiger partial charge in [-0.05, 0) is 112 Å². The van der Waals surface area contributed by atoms with Crippen LogP contribution in [0.25, 0.3) is 21.9 Å². The predicted octanol–water partition coefficient (Wildman–Crippen LogP) is 5.76. The standard InChI is InChI=1S/C40H45N9O4/c41-38(51)37-39(44-33(22-42-37)48-15-2-1-3-16-48)43-27-6-4-25(5-7-27)26-12-17-47(18-13-26)23-24-20-28(21-24)49-19-14-29-31(49)9-10-32-35(29)36(46-53-32)30-8-11-34(50)45-40(30)52/h4-7,9-10,14,19,22,24,26,28,30H,1-3,8,11-13,15-18,20-21,23H2,(H2,41,51)(H,43,44)(H,45,50,52)/t24-,28-,30?. The number of primary amides is 1. The van der Waals surface area contributed by atoms with E-state index < -0.39 is 11.8 Å². The van der Waals surface area contributed by atoms with Crippen molar-refractivity contribution in [3.05, 3.63) is 71.8 Å². The van der Waals surface area contributed by atoms with Crippen molar-refractivity contribution >= 4 is 56.9 Å². The predicted molar refractivity (Wildman–Crippen MR) is 201 cm³/mol. The third-order valence-corrected chi connectivity index (χ3v) is 12.0. The molecule has 9 rings (SSSR count). The molecule has 3 aliphatic heterocycles. The molecule has 5 aromatic rings. The summed E-state index contributed by atoms with van der Waals surface area (Å²) in [5, 5.41) is 12.0. The first-order valence-corrected chi connectivity index (χ1v) is 19.1. The highest BCUT2D eigenvalue weighted by atomic mass is 16.5. The Morgan fingerprint density at radius 3 is 2.51 bits per heavy atom. The number of nitrogens with two attached hydrogens (primary N) is 1. The van der Waals surface area contributed by atoms with Crippen molar-refractivity contribution in [2.75, 3.05) is 42.9 Å². The Hall–Kier alpha value is -5.30. The van der Waals surface area contributed by atoms with Crippen molar-refractivity contribution in [1.82, 2.24) is 29.9 Å². The lowest BCUT2D eigenvalue weighted by atomic mass is 9.79. The molecule has 274 valence electrons. The van der Waals surface area contributed by atoms with Crippen molar-refractivity contribution in [3.63, 3.8) is 0 Å². The van der Waals surface area contributed by atoms with Gasteiger partial charge in [-0.3, -0.25) is 19.7 Å². The van der Waals surface area contributed by atoms with Crippen molar-refractivity contribution in [2.45, 2.75) is 75.7 Å². The quantitative estimate of drug-likeness (QED) is 0.160. The number of nitrogens with one attached hydrogen (secondary N) is 2. The minimum atomic E-state index is -0.597. The number of aromatic nitrogens is 4. The van der Waals surface area contributed by atoms with E-state index >= 15 is 0 Å². The summed E-state index contributed by atoms with van der Waals surface area (Å²) in [5.41, 5.74) is 10.4. The lowest BCUT2D eigenvalue weighted by Crippen LogP contribution is -2.40. The number of fused-ring (bicyclic) bond motifs is 3. The molecule has 4 fully saturated rings. The van der Waals surface area contributed by atoms with E-state index in [0.717, 1.165) is 99.0 Å². The molecular weight excluding hydrogens is 670 g/mol. The maximum atomic E-state index is 12.6. The number of imide groups is 1. The number of carbonyl (C=O) groups excluding carboxylic acids is 3. The first-order chi connectivity index (χ1) is 25.9. The first kappa shape index (κ1) is 33.5. The van der Waals surface area contributed by atoms with E-state index in [0.29, 0.717) is 47.8 Å². The molecule has 6 heterocycles. The van der Waals surface area contributed by atoms with Crippen LogP contribution in [0.4, 0.5) is 17.3 Å². The average molecular weight is 716 g/mol. The molecule has 2 aromatic carbocycles. The van der Waals surface area contributed by atoms with Crippen molar-refractivity contribution in [3.8, 4) is 0 Å². The Bertz CT molecular complexity index is 2170. The average Bonchev–Trinajstić information content (AvgIpc) is 3.78. The van der Waals surface area contributed by atoms with Crippen LogP contribution in [-0.4, -0.2) is 75.0 Å². The zero-order valence-electron chi connectivity index (χ0n) is 29.8. The Morgan fingerprint density at radius 2 is 1.75 bits per heavy atom. The van der Waals surface area contributed by atoms with Crippen molar-refractivity contribution < 1.29 is 18.9 Å². The molecule has 3 aromatic heterocycles. The molecule has 3 saturated heterocycles. The second-order valence-corrected chi connectivity index (χ2v) is 15.3. The summed E-state index contributed by atoms with van der Waals surface area (Å²) >= 11 is 0. The number of likely N-dealkylation sites (tertiary alicyclic amines) is 1. The number of benzene rings is 2. The summed E-state index contributed by atoms with van der Waals surface area (Å²) < 4.78 is 8.02. The number of anilines is 3. The smallest absolute Gasteiger partial charge is 0.271 e. The van der Waals surface area contributed by atoms with Crippen LogP contribution >= 0.6 is 0 Å². The Morgan fingerprint density at radius 1 is 0.962 bits per heavy atom. The van der Waals surface area contributed by atoms with Crippen LogP contribution in [0.3, 0.4) is 0 Å². The topological polar surface area (TPSA) is 165 Å². The van der Waals surface area contributed by atoms with Gasteiger partial charge in [0.1, 0.15) is 11.5 Å². The number of amides is 3. The van der Waals surface area contributed by atoms with E-state index in [1.807, 2.05) is 6.07 Å². The monoisotopic (exact) mass is 715 g/mol. The van der Waals surface area contributed by atoms with Gasteiger partial charge >= 0.3 is 0 Å². The maximum Gasteiger partial charge on any atom is 0.271 e. The van der Waals surface area contributed by atoms with Gasteiger partial charge in [0.15, 0.2) is 17.1 Å². The van der Waals surface area contributed by atoms with Gasteiger partial charge in [-0.25, -0.2) is 9.97 Å². The summed E-state index contributed by atoms with van der Waals surface area (Å²) in [7, 11) is 0. The highest BCUT2D eigenvalue weighted by Gasteiger charge is 2.35. The van der Waals surface area contributed by atoms with E-state index in [1.54, 1.807) is 6.20 Å². The number of hydrogen-bond acceptors (Lipinski definition) is 10. The SMILES string of the molecule is NC(=O)c1ncc(N2CCCCC2)nc1Nc1ccc(C2CCN(C[C@H]3C[C@H](n4ccc5c6c(C7CCC(=O)NC7=O)noc6ccc54)C3)CC2)cc1. The fourth-order valence-electron chi connectivity index (χ4n) is 9.00. The van der Waals surface area contributed by atoms with Gasteiger partial charge in [-0.15, -0.1) is 0 Å². The minimum Gasteiger partial charge on any atom is -0.364 e. The van der Waals surface area contributed by atoms with Crippen LogP contribution in [-0.2, 0) is 9.59 Å². The molecule has 4 N–H and O–H groups in total. The first-order valence-electron chi connectivity index (χ1n) is 19.1. The van der Waals surface area contributed by atoms with E-state index in [9.17, 15) is 14.4 Å². The highest BCUT2D eigenvalue weighted by molar-refractivity contribution is 6.09. The second-order valence-electron chi connectivity index (χ2n) is 15.3. The van der Waals surface area contributed by atoms with Crippen molar-refractivity contribution in [1.29, 1.82) is 0 Å². The number of piperidine rings is 3. The number of hydrogen-bond donors (Lipinski definition) is 3. The largest absolute Gasteiger partial charge is 0.364 e. The molecule has 1 saturated carbocycles. The fourth-order valence-corrected chi connectivity index (χ4v) is 9.00. The minimum absolute atomic E-state index is 0.149. The Balaban J connectivity index is 0.790. The van der Waals surface area contributed by atoms with Gasteiger partial charge in [0.2, 0.25) is 11.8 Å². The molecule has 53 heavy (non-hydrogen) atoms. The molecule has 1 atom stereocenters. The zero-order valence-corrected chi connectivity index (χ0v) is 29.8. The van der Waals surface area contributed by atoms with Gasteiger partial charge in [0.05, 0.1) is 17.5 Å². The molecule has 3 amide bonds. The highest BCUT2D eigenvalue weighted by Crippen LogP contribution is 2.43. The molecule has 4 aliphatic rings. The lowest BCUT2D eigenvalue weighted by molar-refractivity contribution is -0.134. The lowest BCUT2D eigenvalue weighted by Gasteiger charge is -2.41. The Labute approximate surface area is 307 Å². The van der Waals surface area contributed by atoms with Gasteiger partial charge < -0.3 is 29.9 Å². The molecule has 0 spiro atoms. The number of nitrogens with zero attached hydrogens (tertiary/aromatic N) is 6. The van der Waals surface area contributed by atoms with Gasteiger partial charge in [0.25, 0.3) is 5.91 Å². The van der Waals surface area contributed by atoms with Crippen LogP contribution in [0.1, 0.15) is 97.4 Å². The third-order valence-electron chi connectivity index (χ3n) is 12.0. The third kappa shape index (κ3) is 6.51. The van der Waals surface area contributed by atoms with Gasteiger partial charge in [-0.2, -0.15) is 0 Å². The molecule has 13 nitrogen and oxygen atoms in total. The molecule has 1 unspecified atom stereocenters. The van der Waals surface area contributed by atoms with Crippen LogP contribution in [0.5, 0.6) is 0 Å². The molecule has 1 aliphatic carbocycles. The van der Waals surface area contributed by atoms with E-state index in [-0.39, 0.29) is 17.5 Å². The molecule has 0 radical (unpaired) electrons. The van der Waals surface area contributed by atoms with E-state index in [4.69, 9.17) is 15.2 Å². The normalized spacial score (nSPS) is 22.9. The summed E-state index contributed by atoms with van der Waals surface area (Å²) in [5.74, 6) is 0.739. The summed E-state index contributed by atoms with van der Waals surface area (Å²) in [6, 6.07) is 15.1. The number of carbonyl (C=O) groups is 3. The Kier molecular flexibility index (Phi) is 8.81. The van der Waals surface area contributed by atoms with Crippen LogP contribution in [0.15, 0.2) is 59.4 Å². The molecule has 13 heteroatoms. The van der Waals surface area contributed by atoms with Crippen molar-refractivity contribution in [2.24, 2.45) is 11.7 Å². The van der Waals surface area contributed by atoms with Crippen LogP contribution in [0.2, 0.25) is 0 Å². The fraction of sp³-hybridized carbons (Fsp3) is 0.450. The molecule has 0 bridgehead atoms. The van der Waals surface area contributed by atoms with E-state index in [1.165, 1.54) is 12.0 Å². The molecular formula is C40H45N9O4. The maximum absolute atomic E-state index is 12.6. The summed E-state index contributed by atoms with van der Waals surface area (Å²) in [6.45, 7) is 5.19. The van der Waals surface area contributed by atoms with E-state index in [2.05, 4.69) is 77.7 Å². The summed E-state index contributed by atoms with van der Waals surface area (Å²) in [4.78, 5) is 50.5. The summed E-state index contributed by atoms with van der Waals surface area (Å²) in [6.07, 6.45) is 12.6. The van der Waals surface area contributed by atoms with Gasteiger partial charge in [0, 0.05) is 54.9 Å². The van der Waals surface area contributed by atoms with Crippen LogP contribution in [0, 0.1) is 5.92 Å². The second kappa shape index (κ2) is 13.9.